The fraction of sp³-hybridized carbons (Fsp3) is 0.846. The molecule has 1 nitrogen and oxygen atoms in total. The van der Waals surface area contributed by atoms with Crippen LogP contribution in [0.3, 0.4) is 0 Å². The van der Waals surface area contributed by atoms with Crippen LogP contribution in [0.1, 0.15) is 41.5 Å². The highest BCUT2D eigenvalue weighted by molar-refractivity contribution is 5.05. The van der Waals surface area contributed by atoms with E-state index in [1.165, 1.54) is 5.57 Å². The first-order valence-corrected chi connectivity index (χ1v) is 5.69. The van der Waals surface area contributed by atoms with Crippen LogP contribution in [0, 0.1) is 11.8 Å². The molecule has 0 spiro atoms. The van der Waals surface area contributed by atoms with Crippen molar-refractivity contribution in [3.63, 3.8) is 0 Å². The van der Waals surface area contributed by atoms with Crippen LogP contribution in [0.15, 0.2) is 12.2 Å². The Morgan fingerprint density at radius 3 is 1.71 bits per heavy atom. The van der Waals surface area contributed by atoms with E-state index in [1.54, 1.807) is 0 Å². The van der Waals surface area contributed by atoms with E-state index in [1.807, 2.05) is 0 Å². The van der Waals surface area contributed by atoms with E-state index in [4.69, 9.17) is 0 Å². The van der Waals surface area contributed by atoms with Crippen LogP contribution in [0.5, 0.6) is 0 Å². The molecule has 0 N–H and O–H groups in total. The van der Waals surface area contributed by atoms with Crippen molar-refractivity contribution in [1.82, 2.24) is 4.90 Å². The maximum atomic E-state index is 4.19. The Morgan fingerprint density at radius 1 is 1.00 bits per heavy atom. The minimum atomic E-state index is 0.572. The van der Waals surface area contributed by atoms with Gasteiger partial charge in [-0.25, -0.2) is 0 Å². The maximum absolute atomic E-state index is 4.19. The molecule has 0 aliphatic rings. The number of hydrogen-bond donors (Lipinski definition) is 0. The van der Waals surface area contributed by atoms with Crippen LogP contribution in [0.25, 0.3) is 0 Å². The second-order valence-corrected chi connectivity index (χ2v) is 5.02. The molecular weight excluding hydrogens is 170 g/mol. The summed E-state index contributed by atoms with van der Waals surface area (Å²) in [5.41, 5.74) is 1.37. The van der Waals surface area contributed by atoms with E-state index in [-0.39, 0.29) is 0 Å². The van der Waals surface area contributed by atoms with Gasteiger partial charge >= 0.3 is 0 Å². The Kier molecular flexibility index (Phi) is 5.43. The molecule has 0 saturated carbocycles. The molecule has 1 heteroatoms. The molecule has 0 saturated heterocycles. The summed E-state index contributed by atoms with van der Waals surface area (Å²) in [5, 5.41) is 0. The molecule has 0 aromatic carbocycles. The normalized spacial score (nSPS) is 16.4. The van der Waals surface area contributed by atoms with Crippen LogP contribution in [-0.4, -0.2) is 24.0 Å². The SMILES string of the molecule is C=C(C(C)C)C(C)C(C)N(C)C(C)C. The predicted molar refractivity (Wildman–Crippen MR) is 65.5 cm³/mol. The van der Waals surface area contributed by atoms with Crippen molar-refractivity contribution >= 4 is 0 Å². The zero-order valence-corrected chi connectivity index (χ0v) is 11.0. The van der Waals surface area contributed by atoms with Crippen LogP contribution >= 0.6 is 0 Å². The Morgan fingerprint density at radius 2 is 1.43 bits per heavy atom. The largest absolute Gasteiger partial charge is 0.301 e. The third-order valence-electron chi connectivity index (χ3n) is 3.51. The van der Waals surface area contributed by atoms with Crippen LogP contribution in [0.2, 0.25) is 0 Å². The summed E-state index contributed by atoms with van der Waals surface area (Å²) in [6.07, 6.45) is 0. The van der Waals surface area contributed by atoms with Crippen molar-refractivity contribution in [2.24, 2.45) is 11.8 Å². The monoisotopic (exact) mass is 197 g/mol. The topological polar surface area (TPSA) is 3.24 Å². The summed E-state index contributed by atoms with van der Waals surface area (Å²) in [4.78, 5) is 2.41. The highest BCUT2D eigenvalue weighted by Crippen LogP contribution is 2.24. The van der Waals surface area contributed by atoms with Gasteiger partial charge in [0.2, 0.25) is 0 Å². The predicted octanol–water partition coefficient (Wildman–Crippen LogP) is 3.56. The molecule has 14 heavy (non-hydrogen) atoms. The van der Waals surface area contributed by atoms with Gasteiger partial charge < -0.3 is 4.90 Å². The Bertz CT molecular complexity index is 182. The molecule has 84 valence electrons. The van der Waals surface area contributed by atoms with E-state index >= 15 is 0 Å². The van der Waals surface area contributed by atoms with E-state index in [0.29, 0.717) is 23.9 Å². The third kappa shape index (κ3) is 3.45. The summed E-state index contributed by atoms with van der Waals surface area (Å²) >= 11 is 0. The van der Waals surface area contributed by atoms with Crippen molar-refractivity contribution in [2.75, 3.05) is 7.05 Å². The minimum absolute atomic E-state index is 0.572. The first kappa shape index (κ1) is 13.7. The first-order valence-electron chi connectivity index (χ1n) is 5.69. The second kappa shape index (κ2) is 5.55. The highest BCUT2D eigenvalue weighted by atomic mass is 15.1. The molecular formula is C13H27N. The molecule has 0 fully saturated rings. The summed E-state index contributed by atoms with van der Waals surface area (Å²) in [5.74, 6) is 1.16. The number of nitrogens with zero attached hydrogens (tertiary/aromatic N) is 1. The fourth-order valence-electron chi connectivity index (χ4n) is 1.66. The Balaban J connectivity index is 4.38. The number of hydrogen-bond acceptors (Lipinski definition) is 1. The molecule has 0 rings (SSSR count). The van der Waals surface area contributed by atoms with Crippen LogP contribution in [-0.2, 0) is 0 Å². The van der Waals surface area contributed by atoms with Crippen molar-refractivity contribution in [1.29, 1.82) is 0 Å². The van der Waals surface area contributed by atoms with Gasteiger partial charge in [-0.1, -0.05) is 32.9 Å². The van der Waals surface area contributed by atoms with Gasteiger partial charge in [0.05, 0.1) is 0 Å². The molecule has 0 bridgehead atoms. The quantitative estimate of drug-likeness (QED) is 0.609. The van der Waals surface area contributed by atoms with Gasteiger partial charge in [-0.2, -0.15) is 0 Å². The Labute approximate surface area is 90.2 Å². The molecule has 0 heterocycles. The summed E-state index contributed by atoms with van der Waals surface area (Å²) in [6.45, 7) is 17.7. The van der Waals surface area contributed by atoms with Gasteiger partial charge in [-0.3, -0.25) is 0 Å². The molecule has 0 radical (unpaired) electrons. The summed E-state index contributed by atoms with van der Waals surface area (Å²) in [7, 11) is 2.19. The lowest BCUT2D eigenvalue weighted by atomic mass is 9.87. The lowest BCUT2D eigenvalue weighted by Gasteiger charge is -2.34. The molecule has 2 unspecified atom stereocenters. The van der Waals surface area contributed by atoms with Gasteiger partial charge in [-0.05, 0) is 39.7 Å². The van der Waals surface area contributed by atoms with Crippen LogP contribution < -0.4 is 0 Å². The van der Waals surface area contributed by atoms with Crippen molar-refractivity contribution in [2.45, 2.75) is 53.6 Å². The van der Waals surface area contributed by atoms with E-state index < -0.39 is 0 Å². The van der Waals surface area contributed by atoms with Crippen molar-refractivity contribution in [3.8, 4) is 0 Å². The fourth-order valence-corrected chi connectivity index (χ4v) is 1.66. The summed E-state index contributed by atoms with van der Waals surface area (Å²) in [6, 6.07) is 1.18. The highest BCUT2D eigenvalue weighted by Gasteiger charge is 2.22. The molecule has 0 aromatic heterocycles. The molecule has 2 atom stereocenters. The van der Waals surface area contributed by atoms with Gasteiger partial charge in [-0.15, -0.1) is 0 Å². The average molecular weight is 197 g/mol. The summed E-state index contributed by atoms with van der Waals surface area (Å²) < 4.78 is 0. The van der Waals surface area contributed by atoms with Gasteiger partial charge in [0.25, 0.3) is 0 Å². The van der Waals surface area contributed by atoms with Gasteiger partial charge in [0.1, 0.15) is 0 Å². The van der Waals surface area contributed by atoms with Gasteiger partial charge in [0.15, 0.2) is 0 Å². The molecule has 0 aromatic rings. The average Bonchev–Trinajstić information content (AvgIpc) is 2.12. The zero-order chi connectivity index (χ0) is 11.5. The standard InChI is InChI=1S/C13H27N/c1-9(2)11(5)12(6)13(7)14(8)10(3)4/h9-10,12-13H,5H2,1-4,6-8H3. The lowest BCUT2D eigenvalue weighted by Crippen LogP contribution is -2.40. The van der Waals surface area contributed by atoms with E-state index in [9.17, 15) is 0 Å². The molecule has 0 aliphatic heterocycles. The van der Waals surface area contributed by atoms with Crippen molar-refractivity contribution < 1.29 is 0 Å². The van der Waals surface area contributed by atoms with Gasteiger partial charge in [0, 0.05) is 12.1 Å². The third-order valence-corrected chi connectivity index (χ3v) is 3.51. The second-order valence-electron chi connectivity index (χ2n) is 5.02. The molecule has 0 amide bonds. The zero-order valence-electron chi connectivity index (χ0n) is 11.0. The van der Waals surface area contributed by atoms with E-state index in [2.05, 4.69) is 60.1 Å². The maximum Gasteiger partial charge on any atom is 0.0129 e. The first-order chi connectivity index (χ1) is 6.29. The number of rotatable bonds is 5. The smallest absolute Gasteiger partial charge is 0.0129 e. The van der Waals surface area contributed by atoms with Crippen molar-refractivity contribution in [3.05, 3.63) is 12.2 Å². The Hall–Kier alpha value is -0.300. The lowest BCUT2D eigenvalue weighted by molar-refractivity contribution is 0.170. The minimum Gasteiger partial charge on any atom is -0.301 e. The van der Waals surface area contributed by atoms with Crippen LogP contribution in [0.4, 0.5) is 0 Å². The molecule has 0 aliphatic carbocycles. The van der Waals surface area contributed by atoms with E-state index in [0.717, 1.165) is 0 Å².